The maximum absolute atomic E-state index is 12.2. The molecule has 4 nitrogen and oxygen atoms in total. The van der Waals surface area contributed by atoms with Gasteiger partial charge in [-0.25, -0.2) is 0 Å². The number of nitrogens with one attached hydrogen (secondary N) is 2. The Labute approximate surface area is 149 Å². The number of rotatable bonds is 7. The van der Waals surface area contributed by atoms with Gasteiger partial charge in [-0.3, -0.25) is 9.20 Å². The van der Waals surface area contributed by atoms with Crippen molar-refractivity contribution >= 4 is 16.8 Å². The number of aliphatic imine (C=N–C) groups is 1. The maximum Gasteiger partial charge on any atom is 0.191 e. The Balaban J connectivity index is 1.69. The van der Waals surface area contributed by atoms with Gasteiger partial charge >= 0.3 is 0 Å². The minimum Gasteiger partial charge on any atom is -0.355 e. The molecule has 1 atom stereocenters. The van der Waals surface area contributed by atoms with Crippen molar-refractivity contribution < 1.29 is 4.21 Å². The summed E-state index contributed by atoms with van der Waals surface area (Å²) >= 11 is 0. The third kappa shape index (κ3) is 6.27. The van der Waals surface area contributed by atoms with Crippen LogP contribution in [-0.2, 0) is 10.8 Å². The van der Waals surface area contributed by atoms with Crippen LogP contribution in [0, 0.1) is 5.92 Å². The van der Waals surface area contributed by atoms with Gasteiger partial charge in [0, 0.05) is 30.3 Å². The van der Waals surface area contributed by atoms with Crippen molar-refractivity contribution in [2.24, 2.45) is 10.9 Å². The van der Waals surface area contributed by atoms with E-state index in [4.69, 9.17) is 0 Å². The molecule has 0 saturated heterocycles. The van der Waals surface area contributed by atoms with Gasteiger partial charge < -0.3 is 10.6 Å². The molecule has 1 unspecified atom stereocenters. The monoisotopic (exact) mass is 349 g/mol. The minimum atomic E-state index is -0.961. The Bertz CT molecular complexity index is 525. The van der Waals surface area contributed by atoms with Crippen molar-refractivity contribution in [3.05, 3.63) is 30.3 Å². The first-order valence-corrected chi connectivity index (χ1v) is 10.5. The number of hydrogen-bond donors (Lipinski definition) is 2. The second-order valence-corrected chi connectivity index (χ2v) is 8.08. The lowest BCUT2D eigenvalue weighted by atomic mass is 9.83. The zero-order valence-corrected chi connectivity index (χ0v) is 15.8. The summed E-state index contributed by atoms with van der Waals surface area (Å²) in [7, 11) is 0.837. The van der Waals surface area contributed by atoms with Crippen molar-refractivity contribution in [2.45, 2.75) is 56.4 Å². The zero-order chi connectivity index (χ0) is 17.2. The summed E-state index contributed by atoms with van der Waals surface area (Å²) in [6.07, 6.45) is 7.75. The molecule has 5 heteroatoms. The van der Waals surface area contributed by atoms with Crippen LogP contribution in [0.15, 0.2) is 40.2 Å². The van der Waals surface area contributed by atoms with Gasteiger partial charge in [-0.15, -0.1) is 0 Å². The first kappa shape index (κ1) is 19.0. The van der Waals surface area contributed by atoms with Gasteiger partial charge in [0.1, 0.15) is 0 Å². The fourth-order valence-electron chi connectivity index (χ4n) is 3.34. The fourth-order valence-corrected chi connectivity index (χ4v) is 4.33. The smallest absolute Gasteiger partial charge is 0.191 e. The maximum atomic E-state index is 12.2. The van der Waals surface area contributed by atoms with Crippen LogP contribution < -0.4 is 10.6 Å². The van der Waals surface area contributed by atoms with E-state index in [0.29, 0.717) is 18.3 Å². The average molecular weight is 350 g/mol. The second kappa shape index (κ2) is 10.5. The number of guanidine groups is 1. The van der Waals surface area contributed by atoms with Crippen molar-refractivity contribution in [1.29, 1.82) is 0 Å². The van der Waals surface area contributed by atoms with Crippen molar-refractivity contribution in [3.63, 3.8) is 0 Å². The highest BCUT2D eigenvalue weighted by atomic mass is 32.2. The molecule has 1 fully saturated rings. The van der Waals surface area contributed by atoms with Crippen molar-refractivity contribution in [3.8, 4) is 0 Å². The van der Waals surface area contributed by atoms with Gasteiger partial charge in [0.25, 0.3) is 0 Å². The van der Waals surface area contributed by atoms with Crippen LogP contribution in [0.1, 0.15) is 45.4 Å². The Morgan fingerprint density at radius 2 is 1.92 bits per heavy atom. The molecule has 1 aromatic rings. The van der Waals surface area contributed by atoms with Gasteiger partial charge in [-0.1, -0.05) is 38.0 Å². The van der Waals surface area contributed by atoms with Gasteiger partial charge in [0.15, 0.2) is 5.96 Å². The topological polar surface area (TPSA) is 53.5 Å². The van der Waals surface area contributed by atoms with Crippen molar-refractivity contribution in [2.75, 3.05) is 19.3 Å². The molecule has 134 valence electrons. The summed E-state index contributed by atoms with van der Waals surface area (Å²) in [5, 5.41) is 6.82. The molecular weight excluding hydrogens is 318 g/mol. The highest BCUT2D eigenvalue weighted by Gasteiger charge is 2.21. The minimum absolute atomic E-state index is 0.518. The predicted molar refractivity (Wildman–Crippen MR) is 103 cm³/mol. The van der Waals surface area contributed by atoms with Crippen molar-refractivity contribution in [1.82, 2.24) is 10.6 Å². The summed E-state index contributed by atoms with van der Waals surface area (Å²) in [6.45, 7) is 2.93. The largest absolute Gasteiger partial charge is 0.355 e. The SMILES string of the molecule is CCCC1CCC(NC(=NC)NCCS(=O)c2ccccc2)CC1. The highest BCUT2D eigenvalue weighted by Crippen LogP contribution is 2.27. The molecule has 0 amide bonds. The third-order valence-corrected chi connectivity index (χ3v) is 6.07. The quantitative estimate of drug-likeness (QED) is 0.586. The molecule has 1 aromatic carbocycles. The summed E-state index contributed by atoms with van der Waals surface area (Å²) in [5.74, 6) is 2.34. The normalized spacial score (nSPS) is 22.8. The second-order valence-electron chi connectivity index (χ2n) is 6.51. The molecule has 0 heterocycles. The molecule has 1 saturated carbocycles. The van der Waals surface area contributed by atoms with E-state index in [0.717, 1.165) is 16.8 Å². The first-order valence-electron chi connectivity index (χ1n) is 9.13. The van der Waals surface area contributed by atoms with Gasteiger partial charge in [-0.05, 0) is 43.7 Å². The average Bonchev–Trinajstić information content (AvgIpc) is 2.63. The van der Waals surface area contributed by atoms with Crippen LogP contribution in [0.3, 0.4) is 0 Å². The van der Waals surface area contributed by atoms with Gasteiger partial charge in [0.2, 0.25) is 0 Å². The van der Waals surface area contributed by atoms with E-state index in [1.54, 1.807) is 7.05 Å². The molecular formula is C19H31N3OS. The van der Waals surface area contributed by atoms with E-state index in [1.807, 2.05) is 30.3 Å². The lowest BCUT2D eigenvalue weighted by molar-refractivity contribution is 0.295. The van der Waals surface area contributed by atoms with Crippen LogP contribution in [0.4, 0.5) is 0 Å². The van der Waals surface area contributed by atoms with Crippen LogP contribution in [0.25, 0.3) is 0 Å². The lowest BCUT2D eigenvalue weighted by Crippen LogP contribution is -2.45. The molecule has 24 heavy (non-hydrogen) atoms. The summed E-state index contributed by atoms with van der Waals surface area (Å²) in [6, 6.07) is 10.1. The number of nitrogens with zero attached hydrogens (tertiary/aromatic N) is 1. The Hall–Kier alpha value is -1.36. The summed E-state index contributed by atoms with van der Waals surface area (Å²) in [4.78, 5) is 5.19. The zero-order valence-electron chi connectivity index (χ0n) is 15.0. The molecule has 0 spiro atoms. The molecule has 2 N–H and O–H groups in total. The Morgan fingerprint density at radius 1 is 1.21 bits per heavy atom. The van der Waals surface area contributed by atoms with E-state index in [-0.39, 0.29) is 0 Å². The highest BCUT2D eigenvalue weighted by molar-refractivity contribution is 7.85. The van der Waals surface area contributed by atoms with Crippen LogP contribution in [0.5, 0.6) is 0 Å². The van der Waals surface area contributed by atoms with Crippen LogP contribution in [0.2, 0.25) is 0 Å². The van der Waals surface area contributed by atoms with Crippen LogP contribution in [-0.4, -0.2) is 35.6 Å². The first-order chi connectivity index (χ1) is 11.7. The third-order valence-electron chi connectivity index (χ3n) is 4.69. The van der Waals surface area contributed by atoms with E-state index in [9.17, 15) is 4.21 Å². The van der Waals surface area contributed by atoms with Gasteiger partial charge in [-0.2, -0.15) is 0 Å². The molecule has 1 aliphatic rings. The molecule has 2 rings (SSSR count). The van der Waals surface area contributed by atoms with Crippen LogP contribution >= 0.6 is 0 Å². The van der Waals surface area contributed by atoms with E-state index >= 15 is 0 Å². The molecule has 0 radical (unpaired) electrons. The number of benzene rings is 1. The fraction of sp³-hybridized carbons (Fsp3) is 0.632. The molecule has 0 aromatic heterocycles. The Kier molecular flexibility index (Phi) is 8.29. The Morgan fingerprint density at radius 3 is 2.54 bits per heavy atom. The van der Waals surface area contributed by atoms with E-state index in [2.05, 4.69) is 22.5 Å². The lowest BCUT2D eigenvalue weighted by Gasteiger charge is -2.30. The molecule has 0 aliphatic heterocycles. The van der Waals surface area contributed by atoms with E-state index < -0.39 is 10.8 Å². The number of hydrogen-bond acceptors (Lipinski definition) is 2. The standard InChI is InChI=1S/C19H31N3OS/c1-3-7-16-10-12-17(13-11-16)22-19(20-2)21-14-15-24(23)18-8-5-4-6-9-18/h4-6,8-9,16-17H,3,7,10-15H2,1-2H3,(H2,20,21,22). The van der Waals surface area contributed by atoms with Gasteiger partial charge in [0.05, 0.1) is 10.8 Å². The molecule has 0 bridgehead atoms. The summed E-state index contributed by atoms with van der Waals surface area (Å²) < 4.78 is 12.2. The van der Waals surface area contributed by atoms with E-state index in [1.165, 1.54) is 38.5 Å². The summed E-state index contributed by atoms with van der Waals surface area (Å²) in [5.41, 5.74) is 0. The molecule has 1 aliphatic carbocycles. The predicted octanol–water partition coefficient (Wildman–Crippen LogP) is 3.32.